The molecule has 2 heteroatoms. The summed E-state index contributed by atoms with van der Waals surface area (Å²) < 4.78 is 0. The van der Waals surface area contributed by atoms with Gasteiger partial charge in [0.05, 0.1) is 0 Å². The number of benzene rings is 1. The average molecular weight is 274 g/mol. The van der Waals surface area contributed by atoms with Crippen LogP contribution in [0, 0.1) is 12.8 Å². The highest BCUT2D eigenvalue weighted by atomic mass is 15.1. The Balaban J connectivity index is 1.98. The smallest absolute Gasteiger partial charge is 0.0449 e. The second-order valence-corrected chi connectivity index (χ2v) is 6.20. The largest absolute Gasteiger partial charge is 0.312 e. The molecule has 1 saturated heterocycles. The van der Waals surface area contributed by atoms with Crippen molar-refractivity contribution in [3.63, 3.8) is 0 Å². The van der Waals surface area contributed by atoms with Crippen molar-refractivity contribution in [3.05, 3.63) is 35.4 Å². The van der Waals surface area contributed by atoms with Gasteiger partial charge in [-0.05, 0) is 63.4 Å². The lowest BCUT2D eigenvalue weighted by Gasteiger charge is -2.27. The summed E-state index contributed by atoms with van der Waals surface area (Å²) in [5.74, 6) is 0.950. The first-order valence-electron chi connectivity index (χ1n) is 8.19. The van der Waals surface area contributed by atoms with E-state index in [2.05, 4.69) is 55.4 Å². The van der Waals surface area contributed by atoms with Crippen LogP contribution in [0.1, 0.15) is 49.8 Å². The second-order valence-electron chi connectivity index (χ2n) is 6.20. The lowest BCUT2D eigenvalue weighted by Crippen LogP contribution is -2.35. The number of nitrogens with zero attached hydrogens (tertiary/aromatic N) is 1. The Labute approximate surface area is 124 Å². The molecule has 1 heterocycles. The van der Waals surface area contributed by atoms with E-state index in [1.54, 1.807) is 0 Å². The molecule has 0 saturated carbocycles. The van der Waals surface area contributed by atoms with Crippen molar-refractivity contribution in [1.29, 1.82) is 0 Å². The normalized spacial score (nSPS) is 22.4. The van der Waals surface area contributed by atoms with Gasteiger partial charge in [0.25, 0.3) is 0 Å². The average Bonchev–Trinajstić information content (AvgIpc) is 2.70. The molecule has 2 nitrogen and oxygen atoms in total. The fourth-order valence-corrected chi connectivity index (χ4v) is 3.40. The number of likely N-dealkylation sites (tertiary alicyclic amines) is 1. The zero-order chi connectivity index (χ0) is 14.4. The first-order chi connectivity index (χ1) is 9.74. The fraction of sp³-hybridized carbons (Fsp3) is 0.667. The van der Waals surface area contributed by atoms with Gasteiger partial charge in [-0.25, -0.2) is 0 Å². The van der Waals surface area contributed by atoms with Crippen molar-refractivity contribution in [2.45, 2.75) is 45.6 Å². The van der Waals surface area contributed by atoms with Crippen molar-refractivity contribution in [2.75, 3.05) is 26.7 Å². The van der Waals surface area contributed by atoms with E-state index in [0.717, 1.165) is 12.5 Å². The van der Waals surface area contributed by atoms with Gasteiger partial charge in [-0.15, -0.1) is 0 Å². The third kappa shape index (κ3) is 4.07. The molecule has 1 N–H and O–H groups in total. The van der Waals surface area contributed by atoms with Crippen molar-refractivity contribution in [2.24, 2.45) is 5.92 Å². The van der Waals surface area contributed by atoms with E-state index in [0.29, 0.717) is 6.04 Å². The zero-order valence-corrected chi connectivity index (χ0v) is 13.4. The maximum Gasteiger partial charge on any atom is 0.0449 e. The molecule has 112 valence electrons. The van der Waals surface area contributed by atoms with Crippen LogP contribution in [0.3, 0.4) is 0 Å². The summed E-state index contributed by atoms with van der Waals surface area (Å²) in [6, 6.07) is 9.22. The summed E-state index contributed by atoms with van der Waals surface area (Å²) >= 11 is 0. The molecule has 2 rings (SSSR count). The SMILES string of the molecule is CCC1CCCN(CC(NC)c2ccccc2C)CC1. The van der Waals surface area contributed by atoms with Crippen LogP contribution in [0.5, 0.6) is 0 Å². The third-order valence-corrected chi connectivity index (χ3v) is 4.87. The van der Waals surface area contributed by atoms with Gasteiger partial charge in [-0.1, -0.05) is 37.6 Å². The number of aryl methyl sites for hydroxylation is 1. The second kappa shape index (κ2) is 7.80. The summed E-state index contributed by atoms with van der Waals surface area (Å²) in [5, 5.41) is 3.51. The Morgan fingerprint density at radius 1 is 1.25 bits per heavy atom. The summed E-state index contributed by atoms with van der Waals surface area (Å²) in [7, 11) is 2.09. The van der Waals surface area contributed by atoms with Crippen molar-refractivity contribution in [1.82, 2.24) is 10.2 Å². The molecule has 1 aromatic rings. The third-order valence-electron chi connectivity index (χ3n) is 4.87. The van der Waals surface area contributed by atoms with Crippen molar-refractivity contribution >= 4 is 0 Å². The fourth-order valence-electron chi connectivity index (χ4n) is 3.40. The van der Waals surface area contributed by atoms with Gasteiger partial charge in [-0.2, -0.15) is 0 Å². The zero-order valence-electron chi connectivity index (χ0n) is 13.4. The van der Waals surface area contributed by atoms with Gasteiger partial charge >= 0.3 is 0 Å². The molecule has 20 heavy (non-hydrogen) atoms. The van der Waals surface area contributed by atoms with E-state index < -0.39 is 0 Å². The topological polar surface area (TPSA) is 15.3 Å². The molecule has 0 spiro atoms. The number of hydrogen-bond acceptors (Lipinski definition) is 2. The maximum absolute atomic E-state index is 3.51. The lowest BCUT2D eigenvalue weighted by atomic mass is 9.98. The quantitative estimate of drug-likeness (QED) is 0.879. The first kappa shape index (κ1) is 15.5. The molecule has 0 bridgehead atoms. The number of likely N-dealkylation sites (N-methyl/N-ethyl adjacent to an activating group) is 1. The van der Waals surface area contributed by atoms with Gasteiger partial charge in [0.1, 0.15) is 0 Å². The van der Waals surface area contributed by atoms with Crippen LogP contribution in [0.15, 0.2) is 24.3 Å². The van der Waals surface area contributed by atoms with Gasteiger partial charge in [-0.3, -0.25) is 0 Å². The predicted molar refractivity (Wildman–Crippen MR) is 87.1 cm³/mol. The van der Waals surface area contributed by atoms with Crippen LogP contribution >= 0.6 is 0 Å². The van der Waals surface area contributed by atoms with Crippen LogP contribution in [0.4, 0.5) is 0 Å². The maximum atomic E-state index is 3.51. The molecule has 0 aliphatic carbocycles. The summed E-state index contributed by atoms with van der Waals surface area (Å²) in [6.45, 7) is 8.22. The van der Waals surface area contributed by atoms with Crippen molar-refractivity contribution in [3.8, 4) is 0 Å². The van der Waals surface area contributed by atoms with Crippen molar-refractivity contribution < 1.29 is 0 Å². The van der Waals surface area contributed by atoms with Crippen LogP contribution in [0.25, 0.3) is 0 Å². The molecular formula is C18H30N2. The highest BCUT2D eigenvalue weighted by Gasteiger charge is 2.19. The number of hydrogen-bond donors (Lipinski definition) is 1. The molecule has 0 aromatic heterocycles. The Kier molecular flexibility index (Phi) is 6.06. The van der Waals surface area contributed by atoms with E-state index in [1.807, 2.05) is 0 Å². The molecule has 1 aliphatic heterocycles. The minimum Gasteiger partial charge on any atom is -0.312 e. The van der Waals surface area contributed by atoms with E-state index in [-0.39, 0.29) is 0 Å². The molecule has 2 atom stereocenters. The van der Waals surface area contributed by atoms with E-state index >= 15 is 0 Å². The summed E-state index contributed by atoms with van der Waals surface area (Å²) in [5.41, 5.74) is 2.85. The lowest BCUT2D eigenvalue weighted by molar-refractivity contribution is 0.251. The Morgan fingerprint density at radius 2 is 2.05 bits per heavy atom. The molecule has 0 radical (unpaired) electrons. The minimum absolute atomic E-state index is 0.453. The molecule has 1 fully saturated rings. The van der Waals surface area contributed by atoms with E-state index in [4.69, 9.17) is 0 Å². The van der Waals surface area contributed by atoms with Crippen LogP contribution < -0.4 is 5.32 Å². The molecule has 0 amide bonds. The van der Waals surface area contributed by atoms with Gasteiger partial charge in [0.15, 0.2) is 0 Å². The Morgan fingerprint density at radius 3 is 2.75 bits per heavy atom. The molecule has 2 unspecified atom stereocenters. The molecule has 1 aromatic carbocycles. The first-order valence-corrected chi connectivity index (χ1v) is 8.19. The van der Waals surface area contributed by atoms with Gasteiger partial charge < -0.3 is 10.2 Å². The number of rotatable bonds is 5. The summed E-state index contributed by atoms with van der Waals surface area (Å²) in [6.07, 6.45) is 5.51. The Bertz CT molecular complexity index is 402. The molecular weight excluding hydrogens is 244 g/mol. The molecule has 1 aliphatic rings. The predicted octanol–water partition coefficient (Wildman–Crippen LogP) is 3.77. The monoisotopic (exact) mass is 274 g/mol. The minimum atomic E-state index is 0.453. The van der Waals surface area contributed by atoms with Crippen LogP contribution in [0.2, 0.25) is 0 Å². The van der Waals surface area contributed by atoms with Crippen LogP contribution in [-0.4, -0.2) is 31.6 Å². The van der Waals surface area contributed by atoms with Crippen LogP contribution in [-0.2, 0) is 0 Å². The highest BCUT2D eigenvalue weighted by Crippen LogP contribution is 2.23. The van der Waals surface area contributed by atoms with Gasteiger partial charge in [0.2, 0.25) is 0 Å². The summed E-state index contributed by atoms with van der Waals surface area (Å²) in [4.78, 5) is 2.66. The standard InChI is InChI=1S/C18H30N2/c1-4-16-9-7-12-20(13-11-16)14-18(19-3)17-10-6-5-8-15(17)2/h5-6,8,10,16,18-19H,4,7,9,11-14H2,1-3H3. The number of nitrogens with one attached hydrogen (secondary N) is 1. The highest BCUT2D eigenvalue weighted by molar-refractivity contribution is 5.28. The van der Waals surface area contributed by atoms with Gasteiger partial charge in [0, 0.05) is 12.6 Å². The van der Waals surface area contributed by atoms with E-state index in [9.17, 15) is 0 Å². The Hall–Kier alpha value is -0.860. The van der Waals surface area contributed by atoms with E-state index in [1.165, 1.54) is 49.9 Å².